The van der Waals surface area contributed by atoms with E-state index in [4.69, 9.17) is 10.5 Å². The predicted octanol–water partition coefficient (Wildman–Crippen LogP) is 1.39. The summed E-state index contributed by atoms with van der Waals surface area (Å²) in [7, 11) is 0. The number of hydrogen-bond donors (Lipinski definition) is 1. The fourth-order valence-electron chi connectivity index (χ4n) is 3.07. The number of carbonyl (C=O) groups excluding carboxylic acids is 1. The van der Waals surface area contributed by atoms with Crippen molar-refractivity contribution >= 4 is 5.91 Å². The van der Waals surface area contributed by atoms with Gasteiger partial charge >= 0.3 is 0 Å². The lowest BCUT2D eigenvalue weighted by molar-refractivity contribution is -0.152. The maximum Gasteiger partial charge on any atom is 0.226 e. The van der Waals surface area contributed by atoms with Crippen molar-refractivity contribution in [2.24, 2.45) is 17.6 Å². The maximum atomic E-state index is 12.6. The highest BCUT2D eigenvalue weighted by Gasteiger charge is 2.39. The van der Waals surface area contributed by atoms with Gasteiger partial charge in [0, 0.05) is 18.5 Å². The zero-order valence-corrected chi connectivity index (χ0v) is 11.8. The van der Waals surface area contributed by atoms with Crippen molar-refractivity contribution in [3.8, 4) is 0 Å². The Morgan fingerprint density at radius 2 is 2.11 bits per heavy atom. The van der Waals surface area contributed by atoms with E-state index < -0.39 is 0 Å². The summed E-state index contributed by atoms with van der Waals surface area (Å²) in [6, 6.07) is 0.178. The Morgan fingerprint density at radius 3 is 2.72 bits per heavy atom. The molecule has 18 heavy (non-hydrogen) atoms. The number of hydrogen-bond acceptors (Lipinski definition) is 3. The second-order valence-corrected chi connectivity index (χ2v) is 6.51. The third-order valence-electron chi connectivity index (χ3n) is 4.52. The predicted molar refractivity (Wildman–Crippen MR) is 71.1 cm³/mol. The first-order chi connectivity index (χ1) is 8.42. The molecule has 0 bridgehead atoms. The van der Waals surface area contributed by atoms with E-state index in [-0.39, 0.29) is 23.4 Å². The second kappa shape index (κ2) is 5.17. The molecule has 1 saturated heterocycles. The average molecular weight is 254 g/mol. The molecule has 0 radical (unpaired) electrons. The summed E-state index contributed by atoms with van der Waals surface area (Å²) in [6.07, 6.45) is 2.90. The quantitative estimate of drug-likeness (QED) is 0.769. The van der Waals surface area contributed by atoms with Crippen molar-refractivity contribution in [1.29, 1.82) is 0 Å². The van der Waals surface area contributed by atoms with Crippen molar-refractivity contribution in [3.05, 3.63) is 0 Å². The van der Waals surface area contributed by atoms with E-state index in [1.54, 1.807) is 0 Å². The SMILES string of the molecule is CC1CCC(C(=O)N2CCOCC2(C)C)CC1N. The van der Waals surface area contributed by atoms with Crippen LogP contribution in [-0.4, -0.2) is 42.1 Å². The summed E-state index contributed by atoms with van der Waals surface area (Å²) in [4.78, 5) is 14.6. The molecule has 3 unspecified atom stereocenters. The molecular weight excluding hydrogens is 228 g/mol. The van der Waals surface area contributed by atoms with Crippen molar-refractivity contribution in [2.45, 2.75) is 51.6 Å². The van der Waals surface area contributed by atoms with Crippen molar-refractivity contribution in [1.82, 2.24) is 4.90 Å². The van der Waals surface area contributed by atoms with Crippen LogP contribution in [0.3, 0.4) is 0 Å². The minimum Gasteiger partial charge on any atom is -0.377 e. The Morgan fingerprint density at radius 1 is 1.39 bits per heavy atom. The number of nitrogens with zero attached hydrogens (tertiary/aromatic N) is 1. The third-order valence-corrected chi connectivity index (χ3v) is 4.52. The maximum absolute atomic E-state index is 12.6. The minimum atomic E-state index is -0.178. The normalized spacial score (nSPS) is 36.4. The Hall–Kier alpha value is -0.610. The number of ether oxygens (including phenoxy) is 1. The van der Waals surface area contributed by atoms with Gasteiger partial charge in [0.05, 0.1) is 18.8 Å². The van der Waals surface area contributed by atoms with Crippen LogP contribution in [0.25, 0.3) is 0 Å². The zero-order valence-electron chi connectivity index (χ0n) is 11.8. The van der Waals surface area contributed by atoms with Crippen LogP contribution in [0.2, 0.25) is 0 Å². The van der Waals surface area contributed by atoms with Crippen LogP contribution in [0.5, 0.6) is 0 Å². The highest BCUT2D eigenvalue weighted by molar-refractivity contribution is 5.80. The van der Waals surface area contributed by atoms with Gasteiger partial charge in [-0.3, -0.25) is 4.79 Å². The molecule has 4 nitrogen and oxygen atoms in total. The molecule has 0 aromatic rings. The molecule has 1 aliphatic heterocycles. The molecule has 0 spiro atoms. The van der Waals surface area contributed by atoms with Crippen molar-refractivity contribution in [2.75, 3.05) is 19.8 Å². The topological polar surface area (TPSA) is 55.6 Å². The first kappa shape index (κ1) is 13.8. The lowest BCUT2D eigenvalue weighted by Gasteiger charge is -2.45. The summed E-state index contributed by atoms with van der Waals surface area (Å²) in [6.45, 7) is 8.35. The molecular formula is C14H26N2O2. The number of carbonyl (C=O) groups is 1. The van der Waals surface area contributed by atoms with E-state index in [2.05, 4.69) is 20.8 Å². The number of rotatable bonds is 1. The summed E-state index contributed by atoms with van der Waals surface area (Å²) in [5.41, 5.74) is 5.93. The van der Waals surface area contributed by atoms with Crippen LogP contribution >= 0.6 is 0 Å². The van der Waals surface area contributed by atoms with E-state index in [9.17, 15) is 4.79 Å². The van der Waals surface area contributed by atoms with E-state index >= 15 is 0 Å². The van der Waals surface area contributed by atoms with Crippen LogP contribution < -0.4 is 5.73 Å². The lowest BCUT2D eigenvalue weighted by atomic mass is 9.78. The molecule has 2 N–H and O–H groups in total. The molecule has 1 amide bonds. The lowest BCUT2D eigenvalue weighted by Crippen LogP contribution is -2.57. The van der Waals surface area contributed by atoms with Gasteiger partial charge in [-0.2, -0.15) is 0 Å². The summed E-state index contributed by atoms with van der Waals surface area (Å²) in [5.74, 6) is 0.950. The van der Waals surface area contributed by atoms with Gasteiger partial charge in [0.1, 0.15) is 0 Å². The molecule has 4 heteroatoms. The van der Waals surface area contributed by atoms with Gasteiger partial charge in [-0.05, 0) is 39.0 Å². The third kappa shape index (κ3) is 2.69. The van der Waals surface area contributed by atoms with Gasteiger partial charge in [-0.1, -0.05) is 6.92 Å². The smallest absolute Gasteiger partial charge is 0.226 e. The van der Waals surface area contributed by atoms with E-state index in [1.807, 2.05) is 4.90 Å². The van der Waals surface area contributed by atoms with Gasteiger partial charge in [-0.25, -0.2) is 0 Å². The second-order valence-electron chi connectivity index (χ2n) is 6.51. The highest BCUT2D eigenvalue weighted by atomic mass is 16.5. The van der Waals surface area contributed by atoms with Gasteiger partial charge in [-0.15, -0.1) is 0 Å². The van der Waals surface area contributed by atoms with Crippen molar-refractivity contribution < 1.29 is 9.53 Å². The molecule has 2 rings (SSSR count). The minimum absolute atomic E-state index is 0.119. The summed E-state index contributed by atoms with van der Waals surface area (Å²) in [5, 5.41) is 0. The van der Waals surface area contributed by atoms with Crippen LogP contribution in [0, 0.1) is 11.8 Å². The molecule has 2 fully saturated rings. The van der Waals surface area contributed by atoms with Gasteiger partial charge in [0.15, 0.2) is 0 Å². The molecule has 1 aliphatic carbocycles. The number of nitrogens with two attached hydrogens (primary N) is 1. The summed E-state index contributed by atoms with van der Waals surface area (Å²) >= 11 is 0. The first-order valence-electron chi connectivity index (χ1n) is 7.06. The molecule has 3 atom stereocenters. The van der Waals surface area contributed by atoms with Gasteiger partial charge in [0.25, 0.3) is 0 Å². The van der Waals surface area contributed by atoms with E-state index in [0.717, 1.165) is 19.3 Å². The average Bonchev–Trinajstić information content (AvgIpc) is 2.31. The van der Waals surface area contributed by atoms with E-state index in [0.29, 0.717) is 25.7 Å². The first-order valence-corrected chi connectivity index (χ1v) is 7.06. The fraction of sp³-hybridized carbons (Fsp3) is 0.929. The monoisotopic (exact) mass is 254 g/mol. The molecule has 1 heterocycles. The van der Waals surface area contributed by atoms with Crippen molar-refractivity contribution in [3.63, 3.8) is 0 Å². The molecule has 0 aromatic carbocycles. The molecule has 0 aromatic heterocycles. The Balaban J connectivity index is 2.02. The van der Waals surface area contributed by atoms with E-state index in [1.165, 1.54) is 0 Å². The number of morpholine rings is 1. The Kier molecular flexibility index (Phi) is 3.97. The van der Waals surface area contributed by atoms with Crippen LogP contribution in [-0.2, 0) is 9.53 Å². The Labute approximate surface area is 110 Å². The number of amides is 1. The zero-order chi connectivity index (χ0) is 13.3. The van der Waals surface area contributed by atoms with Crippen LogP contribution in [0.15, 0.2) is 0 Å². The largest absolute Gasteiger partial charge is 0.377 e. The summed E-state index contributed by atoms with van der Waals surface area (Å²) < 4.78 is 5.47. The van der Waals surface area contributed by atoms with Gasteiger partial charge in [0.2, 0.25) is 5.91 Å². The molecule has 2 aliphatic rings. The van der Waals surface area contributed by atoms with Gasteiger partial charge < -0.3 is 15.4 Å². The molecule has 1 saturated carbocycles. The Bertz CT molecular complexity index is 317. The van der Waals surface area contributed by atoms with Crippen LogP contribution in [0.1, 0.15) is 40.0 Å². The standard InChI is InChI=1S/C14H26N2O2/c1-10-4-5-11(8-12(10)15)13(17)16-6-7-18-9-14(16,2)3/h10-12H,4-9,15H2,1-3H3. The fourth-order valence-corrected chi connectivity index (χ4v) is 3.07. The van der Waals surface area contributed by atoms with Crippen LogP contribution in [0.4, 0.5) is 0 Å². The highest BCUT2D eigenvalue weighted by Crippen LogP contribution is 2.31. The molecule has 104 valence electrons.